The minimum atomic E-state index is -0.580. The van der Waals surface area contributed by atoms with Crippen LogP contribution < -0.4 is 5.32 Å². The van der Waals surface area contributed by atoms with Crippen molar-refractivity contribution in [2.24, 2.45) is 0 Å². The van der Waals surface area contributed by atoms with Gasteiger partial charge in [0.2, 0.25) is 0 Å². The molecule has 126 valence electrons. The number of nitro benzene ring substituents is 1. The molecule has 0 radical (unpaired) electrons. The molecular formula is C16H12N4O4S. The second kappa shape index (κ2) is 6.10. The van der Waals surface area contributed by atoms with Gasteiger partial charge in [-0.25, -0.2) is 0 Å². The monoisotopic (exact) mass is 356 g/mol. The standard InChI is InChI=1S/C16H12N4O4S/c21-15(10-3-1-2-4-12(10)20(22)23)17-11-7-8-25-13(11)16-18-14(19-24-16)9-5-6-9/h1-4,7-9H,5-6H2,(H,17,21). The first kappa shape index (κ1) is 15.5. The number of nitro groups is 1. The fourth-order valence-corrected chi connectivity index (χ4v) is 3.19. The van der Waals surface area contributed by atoms with E-state index in [0.29, 0.717) is 28.2 Å². The molecule has 0 atom stereocenters. The Hall–Kier alpha value is -3.07. The van der Waals surface area contributed by atoms with Gasteiger partial charge in [0.05, 0.1) is 10.6 Å². The summed E-state index contributed by atoms with van der Waals surface area (Å²) >= 11 is 1.35. The molecule has 1 saturated carbocycles. The molecule has 1 N–H and O–H groups in total. The topological polar surface area (TPSA) is 111 Å². The van der Waals surface area contributed by atoms with Gasteiger partial charge in [0.25, 0.3) is 17.5 Å². The van der Waals surface area contributed by atoms with Crippen LogP contribution in [0.1, 0.15) is 34.9 Å². The highest BCUT2D eigenvalue weighted by Crippen LogP contribution is 2.40. The van der Waals surface area contributed by atoms with Crippen molar-refractivity contribution in [3.63, 3.8) is 0 Å². The van der Waals surface area contributed by atoms with Crippen molar-refractivity contribution in [2.75, 3.05) is 5.32 Å². The molecule has 9 heteroatoms. The predicted octanol–water partition coefficient (Wildman–Crippen LogP) is 3.84. The molecule has 4 rings (SSSR count). The van der Waals surface area contributed by atoms with E-state index < -0.39 is 10.8 Å². The minimum absolute atomic E-state index is 0.00570. The summed E-state index contributed by atoms with van der Waals surface area (Å²) < 4.78 is 5.29. The molecule has 0 unspecified atom stereocenters. The molecule has 1 aliphatic rings. The molecule has 0 saturated heterocycles. The van der Waals surface area contributed by atoms with Crippen LogP contribution >= 0.6 is 11.3 Å². The van der Waals surface area contributed by atoms with Gasteiger partial charge in [-0.15, -0.1) is 11.3 Å². The smallest absolute Gasteiger partial charge is 0.282 e. The molecule has 3 aromatic rings. The summed E-state index contributed by atoms with van der Waals surface area (Å²) in [6.45, 7) is 0. The second-order valence-electron chi connectivity index (χ2n) is 5.62. The number of para-hydroxylation sites is 1. The summed E-state index contributed by atoms with van der Waals surface area (Å²) in [4.78, 5) is 28.0. The predicted molar refractivity (Wildman–Crippen MR) is 90.6 cm³/mol. The van der Waals surface area contributed by atoms with Crippen LogP contribution in [0.15, 0.2) is 40.2 Å². The molecule has 0 bridgehead atoms. The molecule has 1 amide bonds. The number of hydrogen-bond acceptors (Lipinski definition) is 7. The maximum atomic E-state index is 12.5. The Morgan fingerprint density at radius 1 is 1.32 bits per heavy atom. The van der Waals surface area contributed by atoms with E-state index in [1.165, 1.54) is 29.5 Å². The first-order chi connectivity index (χ1) is 12.1. The lowest BCUT2D eigenvalue weighted by Gasteiger charge is -2.05. The van der Waals surface area contributed by atoms with Crippen molar-refractivity contribution in [1.82, 2.24) is 10.1 Å². The number of nitrogens with zero attached hydrogens (tertiary/aromatic N) is 3. The molecular weight excluding hydrogens is 344 g/mol. The molecule has 1 fully saturated rings. The van der Waals surface area contributed by atoms with Gasteiger partial charge in [-0.1, -0.05) is 17.3 Å². The molecule has 25 heavy (non-hydrogen) atoms. The zero-order valence-electron chi connectivity index (χ0n) is 12.8. The highest BCUT2D eigenvalue weighted by molar-refractivity contribution is 7.14. The van der Waals surface area contributed by atoms with Crippen LogP contribution in [0.2, 0.25) is 0 Å². The molecule has 1 aromatic carbocycles. The number of anilines is 1. The van der Waals surface area contributed by atoms with Crippen LogP contribution in [-0.4, -0.2) is 21.0 Å². The third kappa shape index (κ3) is 3.01. The Balaban J connectivity index is 1.60. The van der Waals surface area contributed by atoms with E-state index in [4.69, 9.17) is 4.52 Å². The summed E-state index contributed by atoms with van der Waals surface area (Å²) in [5.74, 6) is 0.825. The largest absolute Gasteiger partial charge is 0.333 e. The Labute approximate surface area is 145 Å². The Bertz CT molecular complexity index is 960. The van der Waals surface area contributed by atoms with E-state index in [1.54, 1.807) is 17.5 Å². The van der Waals surface area contributed by atoms with Gasteiger partial charge in [0.15, 0.2) is 5.82 Å². The normalized spacial score (nSPS) is 13.6. The number of carbonyl (C=O) groups is 1. The first-order valence-electron chi connectivity index (χ1n) is 7.59. The number of thiophene rings is 1. The van der Waals surface area contributed by atoms with Crippen molar-refractivity contribution in [1.29, 1.82) is 0 Å². The summed E-state index contributed by atoms with van der Waals surface area (Å²) in [6, 6.07) is 7.51. The summed E-state index contributed by atoms with van der Waals surface area (Å²) in [5.41, 5.74) is 0.235. The van der Waals surface area contributed by atoms with E-state index in [1.807, 2.05) is 0 Å². The minimum Gasteiger partial charge on any atom is -0.333 e. The highest BCUT2D eigenvalue weighted by Gasteiger charge is 2.30. The lowest BCUT2D eigenvalue weighted by atomic mass is 10.1. The quantitative estimate of drug-likeness (QED) is 0.549. The van der Waals surface area contributed by atoms with Gasteiger partial charge < -0.3 is 9.84 Å². The van der Waals surface area contributed by atoms with Crippen LogP contribution in [-0.2, 0) is 0 Å². The lowest BCUT2D eigenvalue weighted by molar-refractivity contribution is -0.385. The first-order valence-corrected chi connectivity index (χ1v) is 8.47. The third-order valence-electron chi connectivity index (χ3n) is 3.84. The van der Waals surface area contributed by atoms with E-state index in [-0.39, 0.29) is 11.3 Å². The highest BCUT2D eigenvalue weighted by atomic mass is 32.1. The third-order valence-corrected chi connectivity index (χ3v) is 4.74. The fraction of sp³-hybridized carbons (Fsp3) is 0.188. The van der Waals surface area contributed by atoms with Gasteiger partial charge in [-0.05, 0) is 30.4 Å². The van der Waals surface area contributed by atoms with Crippen LogP contribution in [0.25, 0.3) is 10.8 Å². The SMILES string of the molecule is O=C(Nc1ccsc1-c1nc(C2CC2)no1)c1ccccc1[N+](=O)[O-]. The van der Waals surface area contributed by atoms with Crippen molar-refractivity contribution in [3.8, 4) is 10.8 Å². The molecule has 2 heterocycles. The molecule has 1 aliphatic carbocycles. The summed E-state index contributed by atoms with van der Waals surface area (Å²) in [5, 5.41) is 19.5. The maximum Gasteiger partial charge on any atom is 0.282 e. The van der Waals surface area contributed by atoms with Crippen molar-refractivity contribution < 1.29 is 14.2 Å². The van der Waals surface area contributed by atoms with Crippen LogP contribution in [0.3, 0.4) is 0 Å². The number of amides is 1. The average molecular weight is 356 g/mol. The fourth-order valence-electron chi connectivity index (χ4n) is 2.42. The lowest BCUT2D eigenvalue weighted by Crippen LogP contribution is -2.13. The van der Waals surface area contributed by atoms with Gasteiger partial charge in [-0.3, -0.25) is 14.9 Å². The zero-order valence-corrected chi connectivity index (χ0v) is 13.7. The van der Waals surface area contributed by atoms with Crippen molar-refractivity contribution in [3.05, 3.63) is 57.2 Å². The Kier molecular flexibility index (Phi) is 3.77. The second-order valence-corrected chi connectivity index (χ2v) is 6.54. The number of rotatable bonds is 5. The molecule has 0 aliphatic heterocycles. The van der Waals surface area contributed by atoms with Gasteiger partial charge in [-0.2, -0.15) is 4.98 Å². The van der Waals surface area contributed by atoms with E-state index in [9.17, 15) is 14.9 Å². The molecule has 2 aromatic heterocycles. The van der Waals surface area contributed by atoms with E-state index >= 15 is 0 Å². The number of carbonyl (C=O) groups excluding carboxylic acids is 1. The number of aromatic nitrogens is 2. The van der Waals surface area contributed by atoms with Gasteiger partial charge in [0.1, 0.15) is 10.4 Å². The molecule has 0 spiro atoms. The Morgan fingerprint density at radius 2 is 2.12 bits per heavy atom. The Morgan fingerprint density at radius 3 is 2.88 bits per heavy atom. The van der Waals surface area contributed by atoms with Crippen LogP contribution in [0.4, 0.5) is 11.4 Å². The van der Waals surface area contributed by atoms with Crippen LogP contribution in [0, 0.1) is 10.1 Å². The number of hydrogen-bond donors (Lipinski definition) is 1. The summed E-state index contributed by atoms with van der Waals surface area (Å²) in [6.07, 6.45) is 2.12. The maximum absolute atomic E-state index is 12.5. The van der Waals surface area contributed by atoms with Gasteiger partial charge in [0, 0.05) is 12.0 Å². The summed E-state index contributed by atoms with van der Waals surface area (Å²) in [7, 11) is 0. The number of benzene rings is 1. The molecule has 8 nitrogen and oxygen atoms in total. The number of nitrogens with one attached hydrogen (secondary N) is 1. The van der Waals surface area contributed by atoms with Crippen molar-refractivity contribution >= 4 is 28.6 Å². The van der Waals surface area contributed by atoms with E-state index in [0.717, 1.165) is 12.8 Å². The van der Waals surface area contributed by atoms with Gasteiger partial charge >= 0.3 is 0 Å². The average Bonchev–Trinajstić information content (AvgIpc) is 3.16. The van der Waals surface area contributed by atoms with Crippen LogP contribution in [0.5, 0.6) is 0 Å². The zero-order chi connectivity index (χ0) is 17.4. The van der Waals surface area contributed by atoms with E-state index in [2.05, 4.69) is 15.5 Å². The van der Waals surface area contributed by atoms with Crippen molar-refractivity contribution in [2.45, 2.75) is 18.8 Å².